The number of rotatable bonds is 5. The Kier molecular flexibility index (Phi) is 6.57. The lowest BCUT2D eigenvalue weighted by molar-refractivity contribution is 0.0935. The number of anilines is 2. The number of hydrogen-bond donors (Lipinski definition) is 1. The molecule has 166 valence electrons. The molecule has 1 amide bonds. The summed E-state index contributed by atoms with van der Waals surface area (Å²) in [6.45, 7) is 7.18. The van der Waals surface area contributed by atoms with Gasteiger partial charge < -0.3 is 20.0 Å². The predicted molar refractivity (Wildman–Crippen MR) is 120 cm³/mol. The smallest absolute Gasteiger partial charge is 0.272 e. The highest BCUT2D eigenvalue weighted by atomic mass is 35.5. The number of halogens is 2. The van der Waals surface area contributed by atoms with Gasteiger partial charge in [-0.2, -0.15) is 0 Å². The van der Waals surface area contributed by atoms with E-state index in [0.29, 0.717) is 5.95 Å². The molecule has 2 aliphatic rings. The molecule has 2 aromatic rings. The Bertz CT molecular complexity index is 944. The number of likely N-dealkylation sites (N-methyl/N-ethyl adjacent to an activating group) is 1. The van der Waals surface area contributed by atoms with Crippen LogP contribution in [0.4, 0.5) is 16.0 Å². The first-order valence-corrected chi connectivity index (χ1v) is 11.1. The average molecular weight is 447 g/mol. The van der Waals surface area contributed by atoms with Crippen molar-refractivity contribution >= 4 is 29.1 Å². The third kappa shape index (κ3) is 4.91. The molecular weight excluding hydrogens is 419 g/mol. The second-order valence-electron chi connectivity index (χ2n) is 8.25. The number of carbonyl (C=O) groups is 1. The predicted octanol–water partition coefficient (Wildman–Crippen LogP) is 3.11. The number of aromatic nitrogens is 2. The number of piperazine rings is 1. The minimum absolute atomic E-state index is 0.142. The van der Waals surface area contributed by atoms with E-state index in [1.54, 1.807) is 6.07 Å². The van der Waals surface area contributed by atoms with Crippen molar-refractivity contribution in [1.29, 1.82) is 0 Å². The lowest BCUT2D eigenvalue weighted by atomic mass is 10.0. The highest BCUT2D eigenvalue weighted by molar-refractivity contribution is 6.33. The van der Waals surface area contributed by atoms with Gasteiger partial charge in [-0.1, -0.05) is 11.6 Å². The van der Waals surface area contributed by atoms with E-state index in [1.165, 1.54) is 18.3 Å². The molecule has 2 aliphatic heterocycles. The van der Waals surface area contributed by atoms with Gasteiger partial charge in [0.2, 0.25) is 5.95 Å². The molecule has 1 aromatic heterocycles. The number of nitrogens with zero attached hydrogens (tertiary/aromatic N) is 5. The fraction of sp³-hybridized carbons (Fsp3) is 0.500. The minimum atomic E-state index is -0.417. The maximum absolute atomic E-state index is 14.1. The molecule has 1 unspecified atom stereocenters. The third-order valence-corrected chi connectivity index (χ3v) is 6.26. The Hall–Kier alpha value is -2.45. The summed E-state index contributed by atoms with van der Waals surface area (Å²) in [6.07, 6.45) is 3.64. The summed E-state index contributed by atoms with van der Waals surface area (Å²) in [5, 5.41) is 3.15. The van der Waals surface area contributed by atoms with Gasteiger partial charge >= 0.3 is 0 Å². The molecule has 0 radical (unpaired) electrons. The topological polar surface area (TPSA) is 64.6 Å². The van der Waals surface area contributed by atoms with Crippen LogP contribution in [-0.2, 0) is 0 Å². The van der Waals surface area contributed by atoms with Crippen molar-refractivity contribution in [3.63, 3.8) is 0 Å². The van der Waals surface area contributed by atoms with Crippen molar-refractivity contribution in [3.8, 4) is 0 Å². The van der Waals surface area contributed by atoms with E-state index in [0.717, 1.165) is 63.4 Å². The second-order valence-corrected chi connectivity index (χ2v) is 8.66. The standard InChI is InChI=1S/C22H28ClFN6O/c1-15(17-13-16(24)5-6-19(17)29-11-9-28(2)10-12-29)26-21(31)20-18(23)14-25-22(27-20)30-7-3-4-8-30/h5-6,13-15H,3-4,7-12H2,1-2H3,(H,26,31). The van der Waals surface area contributed by atoms with Crippen LogP contribution in [0, 0.1) is 5.82 Å². The summed E-state index contributed by atoms with van der Waals surface area (Å²) >= 11 is 6.24. The van der Waals surface area contributed by atoms with Crippen LogP contribution in [0.15, 0.2) is 24.4 Å². The zero-order chi connectivity index (χ0) is 22.0. The van der Waals surface area contributed by atoms with E-state index < -0.39 is 11.9 Å². The normalized spacial score (nSPS) is 18.3. The number of amides is 1. The Labute approximate surface area is 187 Å². The molecule has 1 atom stereocenters. The zero-order valence-corrected chi connectivity index (χ0v) is 18.7. The van der Waals surface area contributed by atoms with Gasteiger partial charge in [-0.05, 0) is 45.0 Å². The first-order valence-electron chi connectivity index (χ1n) is 10.7. The van der Waals surface area contributed by atoms with Gasteiger partial charge in [-0.15, -0.1) is 0 Å². The lowest BCUT2D eigenvalue weighted by Crippen LogP contribution is -2.45. The molecule has 0 aliphatic carbocycles. The molecule has 0 bridgehead atoms. The van der Waals surface area contributed by atoms with Gasteiger partial charge in [0, 0.05) is 50.5 Å². The molecular formula is C22H28ClFN6O. The van der Waals surface area contributed by atoms with Crippen LogP contribution < -0.4 is 15.1 Å². The molecule has 0 spiro atoms. The SMILES string of the molecule is CC(NC(=O)c1nc(N2CCCC2)ncc1Cl)c1cc(F)ccc1N1CCN(C)CC1. The number of benzene rings is 1. The van der Waals surface area contributed by atoms with Gasteiger partial charge in [0.1, 0.15) is 5.82 Å². The van der Waals surface area contributed by atoms with Crippen molar-refractivity contribution in [2.75, 3.05) is 56.1 Å². The number of hydrogen-bond acceptors (Lipinski definition) is 6. The highest BCUT2D eigenvalue weighted by Crippen LogP contribution is 2.29. The van der Waals surface area contributed by atoms with Gasteiger partial charge in [0.05, 0.1) is 17.3 Å². The highest BCUT2D eigenvalue weighted by Gasteiger charge is 2.24. The fourth-order valence-corrected chi connectivity index (χ4v) is 4.31. The monoisotopic (exact) mass is 446 g/mol. The van der Waals surface area contributed by atoms with Crippen molar-refractivity contribution in [1.82, 2.24) is 20.2 Å². The molecule has 0 saturated carbocycles. The van der Waals surface area contributed by atoms with Gasteiger partial charge in [0.15, 0.2) is 5.69 Å². The van der Waals surface area contributed by atoms with Crippen LogP contribution in [-0.4, -0.2) is 67.1 Å². The maximum atomic E-state index is 14.1. The van der Waals surface area contributed by atoms with Crippen LogP contribution >= 0.6 is 11.6 Å². The van der Waals surface area contributed by atoms with E-state index in [9.17, 15) is 9.18 Å². The van der Waals surface area contributed by atoms with Gasteiger partial charge in [-0.25, -0.2) is 14.4 Å². The molecule has 2 fully saturated rings. The molecule has 9 heteroatoms. The van der Waals surface area contributed by atoms with Gasteiger partial charge in [-0.3, -0.25) is 4.79 Å². The first-order chi connectivity index (χ1) is 14.9. The Balaban J connectivity index is 1.54. The Morgan fingerprint density at radius 3 is 2.55 bits per heavy atom. The van der Waals surface area contributed by atoms with Crippen LogP contribution in [0.5, 0.6) is 0 Å². The van der Waals surface area contributed by atoms with E-state index in [4.69, 9.17) is 11.6 Å². The van der Waals surface area contributed by atoms with Crippen molar-refractivity contribution in [3.05, 3.63) is 46.5 Å². The molecule has 1 aromatic carbocycles. The van der Waals surface area contributed by atoms with E-state index in [-0.39, 0.29) is 16.5 Å². The van der Waals surface area contributed by atoms with E-state index in [2.05, 4.69) is 37.0 Å². The zero-order valence-electron chi connectivity index (χ0n) is 17.9. The molecule has 2 saturated heterocycles. The summed E-state index contributed by atoms with van der Waals surface area (Å²) in [5.74, 6) is -0.206. The Morgan fingerprint density at radius 2 is 1.84 bits per heavy atom. The largest absolute Gasteiger partial charge is 0.369 e. The molecule has 7 nitrogen and oxygen atoms in total. The average Bonchev–Trinajstić information content (AvgIpc) is 3.29. The van der Waals surface area contributed by atoms with Gasteiger partial charge in [0.25, 0.3) is 5.91 Å². The number of nitrogens with one attached hydrogen (secondary N) is 1. The van der Waals surface area contributed by atoms with E-state index in [1.807, 2.05) is 6.92 Å². The van der Waals surface area contributed by atoms with Crippen molar-refractivity contribution in [2.45, 2.75) is 25.8 Å². The van der Waals surface area contributed by atoms with Crippen LogP contribution in [0.25, 0.3) is 0 Å². The molecule has 1 N–H and O–H groups in total. The second kappa shape index (κ2) is 9.36. The Morgan fingerprint density at radius 1 is 1.13 bits per heavy atom. The number of carbonyl (C=O) groups excluding carboxylic acids is 1. The summed E-state index contributed by atoms with van der Waals surface area (Å²) < 4.78 is 14.1. The minimum Gasteiger partial charge on any atom is -0.369 e. The molecule has 3 heterocycles. The maximum Gasteiger partial charge on any atom is 0.272 e. The summed E-state index contributed by atoms with van der Waals surface area (Å²) in [4.78, 5) is 28.3. The quantitative estimate of drug-likeness (QED) is 0.761. The van der Waals surface area contributed by atoms with Crippen LogP contribution in [0.1, 0.15) is 41.9 Å². The van der Waals surface area contributed by atoms with Crippen LogP contribution in [0.3, 0.4) is 0 Å². The lowest BCUT2D eigenvalue weighted by Gasteiger charge is -2.36. The summed E-state index contributed by atoms with van der Waals surface area (Å²) in [7, 11) is 2.09. The van der Waals surface area contributed by atoms with E-state index >= 15 is 0 Å². The van der Waals surface area contributed by atoms with Crippen molar-refractivity contribution < 1.29 is 9.18 Å². The molecule has 31 heavy (non-hydrogen) atoms. The molecule has 4 rings (SSSR count). The van der Waals surface area contributed by atoms with Crippen LogP contribution in [0.2, 0.25) is 5.02 Å². The first kappa shape index (κ1) is 21.8. The summed E-state index contributed by atoms with van der Waals surface area (Å²) in [6, 6.07) is 4.34. The summed E-state index contributed by atoms with van der Waals surface area (Å²) in [5.41, 5.74) is 1.82. The van der Waals surface area contributed by atoms with Crippen molar-refractivity contribution in [2.24, 2.45) is 0 Å². The third-order valence-electron chi connectivity index (χ3n) is 5.98. The fourth-order valence-electron chi connectivity index (χ4n) is 4.14.